The fraction of sp³-hybridized carbons (Fsp3) is 0.417. The lowest BCUT2D eigenvalue weighted by atomic mass is 10.0. The van der Waals surface area contributed by atoms with E-state index in [4.69, 9.17) is 14.2 Å². The molecule has 176 valence electrons. The second kappa shape index (κ2) is 10.5. The van der Waals surface area contributed by atoms with Gasteiger partial charge in [-0.1, -0.05) is 12.1 Å². The van der Waals surface area contributed by atoms with Crippen LogP contribution in [0.5, 0.6) is 11.5 Å². The predicted molar refractivity (Wildman–Crippen MR) is 125 cm³/mol. The monoisotopic (exact) mass is 454 g/mol. The van der Waals surface area contributed by atoms with Crippen LogP contribution >= 0.6 is 0 Å². The number of hydrogen-bond donors (Lipinski definition) is 2. The Morgan fingerprint density at radius 1 is 0.939 bits per heavy atom. The second-order valence-corrected chi connectivity index (χ2v) is 8.17. The molecule has 4 rings (SSSR count). The molecule has 2 N–H and O–H groups in total. The first-order chi connectivity index (χ1) is 16.0. The molecular formula is C24H30N4O5. The molecule has 0 bridgehead atoms. The summed E-state index contributed by atoms with van der Waals surface area (Å²) in [5, 5.41) is 5.43. The van der Waals surface area contributed by atoms with Gasteiger partial charge in [0, 0.05) is 51.2 Å². The molecule has 1 atom stereocenters. The van der Waals surface area contributed by atoms with Crippen LogP contribution in [0, 0.1) is 0 Å². The highest BCUT2D eigenvalue weighted by Crippen LogP contribution is 2.32. The number of fused-ring (bicyclic) bond motifs is 1. The Hall–Kier alpha value is -3.30. The number of carbonyl (C=O) groups excluding carboxylic acids is 2. The van der Waals surface area contributed by atoms with Crippen molar-refractivity contribution in [1.82, 2.24) is 10.2 Å². The quantitative estimate of drug-likeness (QED) is 0.642. The zero-order valence-corrected chi connectivity index (χ0v) is 19.0. The molecule has 2 heterocycles. The number of amides is 2. The van der Waals surface area contributed by atoms with Gasteiger partial charge in [0.05, 0.1) is 19.3 Å². The number of benzene rings is 2. The van der Waals surface area contributed by atoms with E-state index >= 15 is 0 Å². The van der Waals surface area contributed by atoms with Crippen molar-refractivity contribution in [3.63, 3.8) is 0 Å². The highest BCUT2D eigenvalue weighted by Gasteiger charge is 2.25. The summed E-state index contributed by atoms with van der Waals surface area (Å²) >= 11 is 0. The first kappa shape index (κ1) is 22.9. The molecule has 2 aromatic rings. The van der Waals surface area contributed by atoms with E-state index in [-0.39, 0.29) is 6.04 Å². The van der Waals surface area contributed by atoms with Crippen LogP contribution in [0.25, 0.3) is 0 Å². The van der Waals surface area contributed by atoms with Gasteiger partial charge >= 0.3 is 11.8 Å². The molecule has 0 saturated carbocycles. The SMILES string of the molecule is CN(C)c1ccc([C@H](CNC(=O)C(=O)Nc2ccc3c(c2)OCCO3)N2CCOCC2)cc1. The summed E-state index contributed by atoms with van der Waals surface area (Å²) in [4.78, 5) is 29.4. The van der Waals surface area contributed by atoms with E-state index in [1.807, 2.05) is 19.0 Å². The largest absolute Gasteiger partial charge is 0.486 e. The average molecular weight is 455 g/mol. The van der Waals surface area contributed by atoms with Gasteiger partial charge in [-0.25, -0.2) is 0 Å². The number of ether oxygens (including phenoxy) is 3. The van der Waals surface area contributed by atoms with Crippen molar-refractivity contribution >= 4 is 23.2 Å². The molecule has 0 unspecified atom stereocenters. The van der Waals surface area contributed by atoms with E-state index < -0.39 is 11.8 Å². The minimum Gasteiger partial charge on any atom is -0.486 e. The molecule has 0 aromatic heterocycles. The number of hydrogen-bond acceptors (Lipinski definition) is 7. The Kier molecular flexibility index (Phi) is 7.31. The Morgan fingerprint density at radius 2 is 1.64 bits per heavy atom. The fourth-order valence-corrected chi connectivity index (χ4v) is 3.92. The van der Waals surface area contributed by atoms with Crippen molar-refractivity contribution in [2.45, 2.75) is 6.04 Å². The van der Waals surface area contributed by atoms with Crippen molar-refractivity contribution in [3.05, 3.63) is 48.0 Å². The van der Waals surface area contributed by atoms with Crippen molar-refractivity contribution in [1.29, 1.82) is 0 Å². The van der Waals surface area contributed by atoms with Gasteiger partial charge in [0.25, 0.3) is 0 Å². The summed E-state index contributed by atoms with van der Waals surface area (Å²) < 4.78 is 16.5. The Labute approximate surface area is 193 Å². The van der Waals surface area contributed by atoms with Crippen LogP contribution in [-0.4, -0.2) is 76.9 Å². The summed E-state index contributed by atoms with van der Waals surface area (Å²) in [5.41, 5.74) is 2.65. The van der Waals surface area contributed by atoms with E-state index in [1.54, 1.807) is 18.2 Å². The molecule has 9 heteroatoms. The molecule has 2 aromatic carbocycles. The van der Waals surface area contributed by atoms with Crippen LogP contribution < -0.4 is 25.0 Å². The lowest BCUT2D eigenvalue weighted by molar-refractivity contribution is -0.136. The van der Waals surface area contributed by atoms with E-state index in [2.05, 4.69) is 39.8 Å². The van der Waals surface area contributed by atoms with Gasteiger partial charge in [-0.15, -0.1) is 0 Å². The Bertz CT molecular complexity index is 973. The Morgan fingerprint density at radius 3 is 2.33 bits per heavy atom. The van der Waals surface area contributed by atoms with Crippen molar-refractivity contribution in [2.24, 2.45) is 0 Å². The van der Waals surface area contributed by atoms with Crippen molar-refractivity contribution in [2.75, 3.05) is 70.4 Å². The van der Waals surface area contributed by atoms with Gasteiger partial charge in [0.1, 0.15) is 13.2 Å². The fourth-order valence-electron chi connectivity index (χ4n) is 3.92. The van der Waals surface area contributed by atoms with Crippen LogP contribution in [0.4, 0.5) is 11.4 Å². The summed E-state index contributed by atoms with van der Waals surface area (Å²) in [6.07, 6.45) is 0. The Balaban J connectivity index is 1.40. The molecule has 0 aliphatic carbocycles. The topological polar surface area (TPSA) is 92.4 Å². The number of rotatable bonds is 6. The molecule has 1 saturated heterocycles. The van der Waals surface area contributed by atoms with Crippen LogP contribution in [0.3, 0.4) is 0 Å². The van der Waals surface area contributed by atoms with Crippen LogP contribution in [-0.2, 0) is 14.3 Å². The number of morpholine rings is 1. The van der Waals surface area contributed by atoms with Crippen LogP contribution in [0.2, 0.25) is 0 Å². The van der Waals surface area contributed by atoms with E-state index in [0.717, 1.165) is 24.3 Å². The highest BCUT2D eigenvalue weighted by atomic mass is 16.6. The predicted octanol–water partition coefficient (Wildman–Crippen LogP) is 1.65. The summed E-state index contributed by atoms with van der Waals surface area (Å²) in [5.74, 6) is -0.242. The number of nitrogens with one attached hydrogen (secondary N) is 2. The second-order valence-electron chi connectivity index (χ2n) is 8.17. The van der Waals surface area contributed by atoms with Gasteiger partial charge in [0.15, 0.2) is 11.5 Å². The zero-order chi connectivity index (χ0) is 23.2. The molecule has 0 spiro atoms. The van der Waals surface area contributed by atoms with Crippen molar-refractivity contribution in [3.8, 4) is 11.5 Å². The molecule has 2 amide bonds. The zero-order valence-electron chi connectivity index (χ0n) is 19.0. The molecule has 33 heavy (non-hydrogen) atoms. The number of carbonyl (C=O) groups is 2. The number of nitrogens with zero attached hydrogens (tertiary/aromatic N) is 2. The highest BCUT2D eigenvalue weighted by molar-refractivity contribution is 6.39. The maximum atomic E-state index is 12.6. The first-order valence-corrected chi connectivity index (χ1v) is 11.1. The van der Waals surface area contributed by atoms with E-state index in [9.17, 15) is 9.59 Å². The van der Waals surface area contributed by atoms with E-state index in [0.29, 0.717) is 50.2 Å². The van der Waals surface area contributed by atoms with Crippen LogP contribution in [0.1, 0.15) is 11.6 Å². The third kappa shape index (κ3) is 5.74. The molecule has 1 fully saturated rings. The molecular weight excluding hydrogens is 424 g/mol. The average Bonchev–Trinajstić information content (AvgIpc) is 2.85. The van der Waals surface area contributed by atoms with Gasteiger partial charge in [-0.3, -0.25) is 14.5 Å². The third-order valence-corrected chi connectivity index (χ3v) is 5.74. The summed E-state index contributed by atoms with van der Waals surface area (Å²) in [6, 6.07) is 13.2. The number of anilines is 2. The van der Waals surface area contributed by atoms with Crippen molar-refractivity contribution < 1.29 is 23.8 Å². The minimum atomic E-state index is -0.727. The van der Waals surface area contributed by atoms with Gasteiger partial charge < -0.3 is 29.7 Å². The first-order valence-electron chi connectivity index (χ1n) is 11.1. The van der Waals surface area contributed by atoms with Gasteiger partial charge in [-0.05, 0) is 29.8 Å². The summed E-state index contributed by atoms with van der Waals surface area (Å²) in [6.45, 7) is 4.07. The minimum absolute atomic E-state index is 0.0591. The molecule has 9 nitrogen and oxygen atoms in total. The van der Waals surface area contributed by atoms with Gasteiger partial charge in [0.2, 0.25) is 0 Å². The lowest BCUT2D eigenvalue weighted by Crippen LogP contribution is -2.45. The third-order valence-electron chi connectivity index (χ3n) is 5.74. The molecule has 2 aliphatic rings. The standard InChI is InChI=1S/C24H30N4O5/c1-27(2)19-6-3-17(4-7-19)20(28-9-11-31-12-10-28)16-25-23(29)24(30)26-18-5-8-21-22(15-18)33-14-13-32-21/h3-8,15,20H,9-14,16H2,1-2H3,(H,25,29)(H,26,30)/t20-/m0/s1. The van der Waals surface area contributed by atoms with Gasteiger partial charge in [-0.2, -0.15) is 0 Å². The lowest BCUT2D eigenvalue weighted by Gasteiger charge is -2.35. The maximum Gasteiger partial charge on any atom is 0.313 e. The summed E-state index contributed by atoms with van der Waals surface area (Å²) in [7, 11) is 3.99. The molecule has 2 aliphatic heterocycles. The normalized spacial score (nSPS) is 16.5. The van der Waals surface area contributed by atoms with E-state index in [1.165, 1.54) is 0 Å². The van der Waals surface area contributed by atoms with Crippen LogP contribution in [0.15, 0.2) is 42.5 Å². The molecule has 0 radical (unpaired) electrons. The smallest absolute Gasteiger partial charge is 0.313 e. The maximum absolute atomic E-state index is 12.6.